The second-order valence-electron chi connectivity index (χ2n) is 6.22. The molecule has 1 atom stereocenters. The van der Waals surface area contributed by atoms with Gasteiger partial charge in [-0.3, -0.25) is 14.8 Å². The number of thioether (sulfide) groups is 1. The van der Waals surface area contributed by atoms with E-state index in [4.69, 9.17) is 10.5 Å². The molecule has 0 radical (unpaired) electrons. The van der Waals surface area contributed by atoms with Crippen molar-refractivity contribution in [3.05, 3.63) is 53.3 Å². The Bertz CT molecular complexity index is 887. The van der Waals surface area contributed by atoms with Crippen molar-refractivity contribution >= 4 is 28.5 Å². The van der Waals surface area contributed by atoms with E-state index in [0.717, 1.165) is 23.5 Å². The number of fused-ring (bicyclic) bond motifs is 2. The van der Waals surface area contributed by atoms with Gasteiger partial charge in [-0.25, -0.2) is 4.39 Å². The maximum absolute atomic E-state index is 12.6. The van der Waals surface area contributed by atoms with Crippen LogP contribution in [0.3, 0.4) is 0 Å². The summed E-state index contributed by atoms with van der Waals surface area (Å²) in [5.41, 5.74) is 7.70. The number of amides is 1. The van der Waals surface area contributed by atoms with Gasteiger partial charge in [0.25, 0.3) is 5.91 Å². The Kier molecular flexibility index (Phi) is 4.28. The molecule has 4 rings (SSSR count). The normalized spacial score (nSPS) is 21.0. The van der Waals surface area contributed by atoms with E-state index in [-0.39, 0.29) is 11.6 Å². The maximum Gasteiger partial charge on any atom is 0.274 e. The highest BCUT2D eigenvalue weighted by atomic mass is 32.2. The van der Waals surface area contributed by atoms with Gasteiger partial charge in [-0.2, -0.15) is 0 Å². The van der Waals surface area contributed by atoms with Gasteiger partial charge in [-0.05, 0) is 24.3 Å². The molecule has 1 aromatic carbocycles. The predicted octanol–water partition coefficient (Wildman–Crippen LogP) is 2.84. The largest absolute Gasteiger partial charge is 0.493 e. The van der Waals surface area contributed by atoms with E-state index in [2.05, 4.69) is 15.3 Å². The molecule has 0 bridgehead atoms. The molecule has 2 aliphatic rings. The van der Waals surface area contributed by atoms with Crippen LogP contribution >= 0.6 is 11.8 Å². The number of carbonyl (C=O) groups is 1. The predicted molar refractivity (Wildman–Crippen MR) is 99.3 cm³/mol. The van der Waals surface area contributed by atoms with Crippen molar-refractivity contribution in [3.63, 3.8) is 0 Å². The fourth-order valence-electron chi connectivity index (χ4n) is 3.13. The molecule has 0 aliphatic carbocycles. The van der Waals surface area contributed by atoms with Crippen molar-refractivity contribution in [2.75, 3.05) is 17.7 Å². The lowest BCUT2D eigenvalue weighted by atomic mass is 9.86. The summed E-state index contributed by atoms with van der Waals surface area (Å²) in [7, 11) is 0. The van der Waals surface area contributed by atoms with Crippen LogP contribution in [0.1, 0.15) is 28.0 Å². The molecule has 1 unspecified atom stereocenters. The number of anilines is 1. The van der Waals surface area contributed by atoms with E-state index in [9.17, 15) is 9.18 Å². The highest BCUT2D eigenvalue weighted by Crippen LogP contribution is 2.46. The summed E-state index contributed by atoms with van der Waals surface area (Å²) in [5, 5.41) is 3.40. The highest BCUT2D eigenvalue weighted by Gasteiger charge is 2.41. The number of hydrogen-bond donors (Lipinski definition) is 2. The zero-order valence-corrected chi connectivity index (χ0v) is 14.7. The van der Waals surface area contributed by atoms with E-state index in [1.165, 1.54) is 24.0 Å². The number of hydrogen-bond acceptors (Lipinski definition) is 6. The van der Waals surface area contributed by atoms with Crippen LogP contribution in [0, 0.1) is 0 Å². The van der Waals surface area contributed by atoms with Crippen LogP contribution in [-0.2, 0) is 12.2 Å². The number of carbonyl (C=O) groups excluding carboxylic acids is 1. The summed E-state index contributed by atoms with van der Waals surface area (Å²) in [5.74, 6) is 1.17. The molecule has 6 nitrogen and oxygen atoms in total. The fraction of sp³-hybridized carbons (Fsp3) is 0.278. The molecule has 0 saturated carbocycles. The molecule has 2 aliphatic heterocycles. The number of aromatic nitrogens is 1. The maximum atomic E-state index is 12.6. The summed E-state index contributed by atoms with van der Waals surface area (Å²) in [4.78, 5) is 21.0. The van der Waals surface area contributed by atoms with E-state index < -0.39 is 12.2 Å². The van der Waals surface area contributed by atoms with E-state index in [1.807, 2.05) is 12.1 Å². The number of benzene rings is 1. The first-order chi connectivity index (χ1) is 12.6. The third-order valence-electron chi connectivity index (χ3n) is 4.51. The van der Waals surface area contributed by atoms with E-state index in [0.29, 0.717) is 23.0 Å². The fourth-order valence-corrected chi connectivity index (χ4v) is 4.12. The van der Waals surface area contributed by atoms with Crippen LogP contribution in [0.25, 0.3) is 0 Å². The van der Waals surface area contributed by atoms with Crippen molar-refractivity contribution in [1.82, 2.24) is 4.98 Å². The molecule has 1 amide bonds. The standard InChI is InChI=1S/C18H17FN4O2S/c19-8-11-1-3-14(21-9-11)16(24)22-12-2-4-15-13(7-12)18(5-6-25-15)10-26-17(20)23-18/h1-4,7,9H,5-6,8,10H2,(H2,20,23)(H,22,24). The average Bonchev–Trinajstić information content (AvgIpc) is 3.04. The second-order valence-corrected chi connectivity index (χ2v) is 7.21. The molecule has 3 heterocycles. The van der Waals surface area contributed by atoms with Gasteiger partial charge in [0.05, 0.1) is 6.61 Å². The van der Waals surface area contributed by atoms with Crippen molar-refractivity contribution in [2.24, 2.45) is 10.7 Å². The number of nitrogens with one attached hydrogen (secondary N) is 1. The first-order valence-corrected chi connectivity index (χ1v) is 9.16. The van der Waals surface area contributed by atoms with Crippen LogP contribution in [0.2, 0.25) is 0 Å². The third-order valence-corrected chi connectivity index (χ3v) is 5.52. The molecular weight excluding hydrogens is 355 g/mol. The van der Waals surface area contributed by atoms with Gasteiger partial charge < -0.3 is 15.8 Å². The van der Waals surface area contributed by atoms with Gasteiger partial charge in [0, 0.05) is 35.2 Å². The molecule has 1 aromatic heterocycles. The molecule has 134 valence electrons. The number of nitrogens with two attached hydrogens (primary N) is 1. The Morgan fingerprint density at radius 1 is 1.38 bits per heavy atom. The Morgan fingerprint density at radius 2 is 2.27 bits per heavy atom. The summed E-state index contributed by atoms with van der Waals surface area (Å²) in [6.07, 6.45) is 2.11. The summed E-state index contributed by atoms with van der Waals surface area (Å²) in [6.45, 7) is -0.0235. The van der Waals surface area contributed by atoms with Gasteiger partial charge in [0.15, 0.2) is 5.17 Å². The Labute approximate surface area is 154 Å². The molecule has 8 heteroatoms. The minimum absolute atomic E-state index is 0.226. The number of nitrogens with zero attached hydrogens (tertiary/aromatic N) is 2. The number of rotatable bonds is 3. The average molecular weight is 372 g/mol. The van der Waals surface area contributed by atoms with Crippen LogP contribution in [0.15, 0.2) is 41.5 Å². The van der Waals surface area contributed by atoms with Crippen LogP contribution in [-0.4, -0.2) is 28.4 Å². The highest BCUT2D eigenvalue weighted by molar-refractivity contribution is 8.14. The molecule has 0 fully saturated rings. The van der Waals surface area contributed by atoms with E-state index >= 15 is 0 Å². The van der Waals surface area contributed by atoms with Crippen molar-refractivity contribution in [1.29, 1.82) is 0 Å². The SMILES string of the molecule is NC1=NC2(CCOc3ccc(NC(=O)c4ccc(CF)cn4)cc32)CS1. The summed E-state index contributed by atoms with van der Waals surface area (Å²) < 4.78 is 18.3. The number of aliphatic imine (C=N–C) groups is 1. The van der Waals surface area contributed by atoms with Crippen molar-refractivity contribution < 1.29 is 13.9 Å². The minimum atomic E-state index is -0.608. The molecule has 3 N–H and O–H groups in total. The molecule has 1 spiro atoms. The Balaban J connectivity index is 1.60. The second kappa shape index (κ2) is 6.60. The zero-order chi connectivity index (χ0) is 18.1. The van der Waals surface area contributed by atoms with Gasteiger partial charge in [0.2, 0.25) is 0 Å². The number of halogens is 1. The van der Waals surface area contributed by atoms with Gasteiger partial charge in [-0.15, -0.1) is 0 Å². The molecular formula is C18H17FN4O2S. The monoisotopic (exact) mass is 372 g/mol. The van der Waals surface area contributed by atoms with Gasteiger partial charge in [0.1, 0.15) is 23.7 Å². The number of ether oxygens (including phenoxy) is 1. The molecule has 26 heavy (non-hydrogen) atoms. The smallest absolute Gasteiger partial charge is 0.274 e. The number of amidine groups is 1. The lowest BCUT2D eigenvalue weighted by Crippen LogP contribution is -2.32. The first-order valence-electron chi connectivity index (χ1n) is 8.17. The van der Waals surface area contributed by atoms with Crippen LogP contribution in [0.5, 0.6) is 5.75 Å². The van der Waals surface area contributed by atoms with Gasteiger partial charge in [-0.1, -0.05) is 17.8 Å². The third kappa shape index (κ3) is 3.01. The number of pyridine rings is 1. The van der Waals surface area contributed by atoms with Crippen LogP contribution < -0.4 is 15.8 Å². The molecule has 0 saturated heterocycles. The Hall–Kier alpha value is -2.61. The first kappa shape index (κ1) is 16.8. The summed E-state index contributed by atoms with van der Waals surface area (Å²) >= 11 is 1.53. The minimum Gasteiger partial charge on any atom is -0.493 e. The lowest BCUT2D eigenvalue weighted by molar-refractivity contribution is 0.102. The van der Waals surface area contributed by atoms with Crippen molar-refractivity contribution in [2.45, 2.75) is 18.6 Å². The zero-order valence-electron chi connectivity index (χ0n) is 13.9. The lowest BCUT2D eigenvalue weighted by Gasteiger charge is -2.32. The van der Waals surface area contributed by atoms with Crippen molar-refractivity contribution in [3.8, 4) is 5.75 Å². The van der Waals surface area contributed by atoms with E-state index in [1.54, 1.807) is 12.1 Å². The summed E-state index contributed by atoms with van der Waals surface area (Å²) in [6, 6.07) is 8.54. The Morgan fingerprint density at radius 3 is 2.96 bits per heavy atom. The number of alkyl halides is 1. The van der Waals surface area contributed by atoms with Crippen LogP contribution in [0.4, 0.5) is 10.1 Å². The van der Waals surface area contributed by atoms with Gasteiger partial charge >= 0.3 is 0 Å². The quantitative estimate of drug-likeness (QED) is 0.865. The topological polar surface area (TPSA) is 89.6 Å². The molecule has 2 aromatic rings.